The van der Waals surface area contributed by atoms with Gasteiger partial charge in [-0.15, -0.1) is 0 Å². The van der Waals surface area contributed by atoms with Crippen LogP contribution in [0, 0.1) is 5.41 Å². The molecule has 4 nitrogen and oxygen atoms in total. The van der Waals surface area contributed by atoms with Gasteiger partial charge in [-0.1, -0.05) is 32.9 Å². The SMILES string of the molecule is CCOc1ccc(C(C)NC(=O)CC(N)C(C)(C)C)cc1. The third-order valence-corrected chi connectivity index (χ3v) is 3.59. The number of amides is 1. The van der Waals surface area contributed by atoms with E-state index in [2.05, 4.69) is 5.32 Å². The van der Waals surface area contributed by atoms with Crippen molar-refractivity contribution >= 4 is 5.91 Å². The van der Waals surface area contributed by atoms with E-state index in [1.165, 1.54) is 0 Å². The van der Waals surface area contributed by atoms with Gasteiger partial charge in [-0.2, -0.15) is 0 Å². The average Bonchev–Trinajstić information content (AvgIpc) is 2.38. The van der Waals surface area contributed by atoms with Crippen LogP contribution in [0.5, 0.6) is 5.75 Å². The number of benzene rings is 1. The summed E-state index contributed by atoms with van der Waals surface area (Å²) in [6.45, 7) is 10.7. The maximum absolute atomic E-state index is 12.0. The molecular weight excluding hydrogens is 264 g/mol. The number of rotatable bonds is 6. The first-order valence-electron chi connectivity index (χ1n) is 7.51. The lowest BCUT2D eigenvalue weighted by Crippen LogP contribution is -2.40. The molecule has 0 aliphatic heterocycles. The maximum atomic E-state index is 12.0. The Hall–Kier alpha value is -1.55. The summed E-state index contributed by atoms with van der Waals surface area (Å²) in [6.07, 6.45) is 0.338. The van der Waals surface area contributed by atoms with Crippen LogP contribution in [0.2, 0.25) is 0 Å². The van der Waals surface area contributed by atoms with E-state index in [4.69, 9.17) is 10.5 Å². The Morgan fingerprint density at radius 2 is 1.86 bits per heavy atom. The summed E-state index contributed by atoms with van der Waals surface area (Å²) in [5.41, 5.74) is 7.02. The molecule has 0 spiro atoms. The maximum Gasteiger partial charge on any atom is 0.222 e. The van der Waals surface area contributed by atoms with Crippen LogP contribution in [-0.2, 0) is 4.79 Å². The number of carbonyl (C=O) groups excluding carboxylic acids is 1. The molecular formula is C17H28N2O2. The van der Waals surface area contributed by atoms with E-state index in [0.29, 0.717) is 13.0 Å². The lowest BCUT2D eigenvalue weighted by atomic mass is 9.85. The molecule has 1 amide bonds. The Bertz CT molecular complexity index is 449. The topological polar surface area (TPSA) is 64.3 Å². The second-order valence-electron chi connectivity index (χ2n) is 6.47. The molecule has 0 aromatic heterocycles. The van der Waals surface area contributed by atoms with Gasteiger partial charge in [0, 0.05) is 12.5 Å². The van der Waals surface area contributed by atoms with E-state index in [-0.39, 0.29) is 23.4 Å². The zero-order valence-corrected chi connectivity index (χ0v) is 13.8. The summed E-state index contributed by atoms with van der Waals surface area (Å²) < 4.78 is 5.41. The van der Waals surface area contributed by atoms with Gasteiger partial charge < -0.3 is 15.8 Å². The number of ether oxygens (including phenoxy) is 1. The lowest BCUT2D eigenvalue weighted by Gasteiger charge is -2.27. The molecule has 0 aliphatic carbocycles. The highest BCUT2D eigenvalue weighted by Gasteiger charge is 2.23. The van der Waals surface area contributed by atoms with Crippen molar-refractivity contribution < 1.29 is 9.53 Å². The van der Waals surface area contributed by atoms with Crippen molar-refractivity contribution in [3.63, 3.8) is 0 Å². The Labute approximate surface area is 128 Å². The standard InChI is InChI=1S/C17H28N2O2/c1-6-21-14-9-7-13(8-10-14)12(2)19-16(20)11-15(18)17(3,4)5/h7-10,12,15H,6,11,18H2,1-5H3,(H,19,20). The van der Waals surface area contributed by atoms with Gasteiger partial charge in [0.2, 0.25) is 5.91 Å². The van der Waals surface area contributed by atoms with E-state index >= 15 is 0 Å². The molecule has 0 aliphatic rings. The molecule has 3 N–H and O–H groups in total. The van der Waals surface area contributed by atoms with Gasteiger partial charge in [-0.3, -0.25) is 4.79 Å². The minimum atomic E-state index is -0.148. The van der Waals surface area contributed by atoms with E-state index < -0.39 is 0 Å². The molecule has 4 heteroatoms. The third-order valence-electron chi connectivity index (χ3n) is 3.59. The predicted octanol–water partition coefficient (Wildman–Crippen LogP) is 3.03. The first kappa shape index (κ1) is 17.5. The van der Waals surface area contributed by atoms with E-state index in [1.807, 2.05) is 58.9 Å². The molecule has 2 unspecified atom stereocenters. The van der Waals surface area contributed by atoms with Gasteiger partial charge >= 0.3 is 0 Å². The summed E-state index contributed by atoms with van der Waals surface area (Å²) in [7, 11) is 0. The summed E-state index contributed by atoms with van der Waals surface area (Å²) in [5, 5.41) is 2.99. The molecule has 1 aromatic rings. The number of nitrogens with two attached hydrogens (primary N) is 1. The highest BCUT2D eigenvalue weighted by atomic mass is 16.5. The summed E-state index contributed by atoms with van der Waals surface area (Å²) in [5.74, 6) is 0.827. The van der Waals surface area contributed by atoms with E-state index in [1.54, 1.807) is 0 Å². The van der Waals surface area contributed by atoms with Gasteiger partial charge in [0.1, 0.15) is 5.75 Å². The summed E-state index contributed by atoms with van der Waals surface area (Å²) in [4.78, 5) is 12.0. The quantitative estimate of drug-likeness (QED) is 0.847. The monoisotopic (exact) mass is 292 g/mol. The van der Waals surface area contributed by atoms with Crippen molar-refractivity contribution in [3.8, 4) is 5.75 Å². The molecule has 0 saturated carbocycles. The fourth-order valence-corrected chi connectivity index (χ4v) is 1.91. The summed E-state index contributed by atoms with van der Waals surface area (Å²) in [6, 6.07) is 7.59. The molecule has 118 valence electrons. The normalized spacial score (nSPS) is 14.4. The Balaban J connectivity index is 2.56. The van der Waals surface area contributed by atoms with Crippen LogP contribution in [-0.4, -0.2) is 18.6 Å². The molecule has 1 rings (SSSR count). The minimum Gasteiger partial charge on any atom is -0.494 e. The van der Waals surface area contributed by atoms with Crippen LogP contribution in [0.4, 0.5) is 0 Å². The van der Waals surface area contributed by atoms with Crippen LogP contribution >= 0.6 is 0 Å². The fraction of sp³-hybridized carbons (Fsp3) is 0.588. The molecule has 0 bridgehead atoms. The summed E-state index contributed by atoms with van der Waals surface area (Å²) >= 11 is 0. The number of hydrogen-bond donors (Lipinski definition) is 2. The van der Waals surface area contributed by atoms with Crippen LogP contribution in [0.15, 0.2) is 24.3 Å². The second kappa shape index (κ2) is 7.46. The van der Waals surface area contributed by atoms with Gasteiger partial charge in [-0.25, -0.2) is 0 Å². The molecule has 0 saturated heterocycles. The van der Waals surface area contributed by atoms with Crippen molar-refractivity contribution in [1.29, 1.82) is 0 Å². The molecule has 1 aromatic carbocycles. The lowest BCUT2D eigenvalue weighted by molar-refractivity contribution is -0.122. The van der Waals surface area contributed by atoms with Crippen LogP contribution in [0.25, 0.3) is 0 Å². The average molecular weight is 292 g/mol. The molecule has 0 radical (unpaired) electrons. The van der Waals surface area contributed by atoms with Crippen molar-refractivity contribution in [2.75, 3.05) is 6.61 Å². The number of hydrogen-bond acceptors (Lipinski definition) is 3. The van der Waals surface area contributed by atoms with Crippen LogP contribution in [0.3, 0.4) is 0 Å². The van der Waals surface area contributed by atoms with Crippen molar-refractivity contribution in [1.82, 2.24) is 5.32 Å². The smallest absolute Gasteiger partial charge is 0.222 e. The molecule has 0 fully saturated rings. The van der Waals surface area contributed by atoms with E-state index in [9.17, 15) is 4.79 Å². The minimum absolute atomic E-state index is 0.0150. The number of nitrogens with one attached hydrogen (secondary N) is 1. The highest BCUT2D eigenvalue weighted by molar-refractivity contribution is 5.77. The fourth-order valence-electron chi connectivity index (χ4n) is 1.91. The van der Waals surface area contributed by atoms with Gasteiger partial charge in [-0.05, 0) is 37.0 Å². The largest absolute Gasteiger partial charge is 0.494 e. The first-order chi connectivity index (χ1) is 9.74. The Kier molecular flexibility index (Phi) is 6.21. The zero-order chi connectivity index (χ0) is 16.0. The molecule has 2 atom stereocenters. The first-order valence-corrected chi connectivity index (χ1v) is 7.51. The van der Waals surface area contributed by atoms with Gasteiger partial charge in [0.25, 0.3) is 0 Å². The molecule has 21 heavy (non-hydrogen) atoms. The van der Waals surface area contributed by atoms with Crippen LogP contribution < -0.4 is 15.8 Å². The zero-order valence-electron chi connectivity index (χ0n) is 13.8. The van der Waals surface area contributed by atoms with Crippen LogP contribution in [0.1, 0.15) is 52.6 Å². The Morgan fingerprint density at radius 1 is 1.29 bits per heavy atom. The Morgan fingerprint density at radius 3 is 2.33 bits per heavy atom. The second-order valence-corrected chi connectivity index (χ2v) is 6.47. The van der Waals surface area contributed by atoms with Crippen molar-refractivity contribution in [3.05, 3.63) is 29.8 Å². The van der Waals surface area contributed by atoms with E-state index in [0.717, 1.165) is 11.3 Å². The number of carbonyl (C=O) groups is 1. The van der Waals surface area contributed by atoms with Crippen molar-refractivity contribution in [2.45, 2.75) is 53.1 Å². The predicted molar refractivity (Wildman–Crippen MR) is 86.2 cm³/mol. The highest BCUT2D eigenvalue weighted by Crippen LogP contribution is 2.21. The van der Waals surface area contributed by atoms with Gasteiger partial charge in [0.05, 0.1) is 12.6 Å². The molecule has 0 heterocycles. The van der Waals surface area contributed by atoms with Crippen molar-refractivity contribution in [2.24, 2.45) is 11.1 Å². The third kappa shape index (κ3) is 5.76. The van der Waals surface area contributed by atoms with Gasteiger partial charge in [0.15, 0.2) is 0 Å².